The van der Waals surface area contributed by atoms with Crippen molar-refractivity contribution in [2.75, 3.05) is 0 Å². The minimum absolute atomic E-state index is 0.115. The van der Waals surface area contributed by atoms with Gasteiger partial charge in [0, 0.05) is 5.56 Å². The van der Waals surface area contributed by atoms with Crippen LogP contribution in [0, 0.1) is 6.92 Å². The number of aryl methyl sites for hydroxylation is 1. The Bertz CT molecular complexity index is 579. The van der Waals surface area contributed by atoms with E-state index in [9.17, 15) is 23.1 Å². The zero-order valence-corrected chi connectivity index (χ0v) is 11.5. The van der Waals surface area contributed by atoms with Crippen molar-refractivity contribution < 1.29 is 23.1 Å². The highest BCUT2D eigenvalue weighted by Gasteiger charge is 2.36. The smallest absolute Gasteiger partial charge is 0.388 e. The van der Waals surface area contributed by atoms with E-state index in [1.807, 2.05) is 0 Å². The van der Waals surface area contributed by atoms with Crippen LogP contribution in [0.2, 0.25) is 0 Å². The standard InChI is InChI=1S/C13H16F3N3O2/c1-3-10(20)8-4-6(2)7(11(21)19-12(17)18)5-9(8)13(14,15)16/h4-5,10,20H,3H2,1-2H3,(H4,17,18,19,21). The van der Waals surface area contributed by atoms with E-state index in [4.69, 9.17) is 11.5 Å². The Kier molecular flexibility index (Phi) is 4.95. The van der Waals surface area contributed by atoms with Crippen molar-refractivity contribution in [2.24, 2.45) is 16.5 Å². The molecule has 0 saturated heterocycles. The number of amides is 1. The van der Waals surface area contributed by atoms with Crippen LogP contribution in [0.3, 0.4) is 0 Å². The highest BCUT2D eigenvalue weighted by Crippen LogP contribution is 2.37. The number of hydrogen-bond donors (Lipinski definition) is 3. The molecule has 21 heavy (non-hydrogen) atoms. The maximum absolute atomic E-state index is 13.1. The Morgan fingerprint density at radius 3 is 2.38 bits per heavy atom. The number of rotatable bonds is 3. The number of carbonyl (C=O) groups is 1. The van der Waals surface area contributed by atoms with Gasteiger partial charge in [-0.05, 0) is 30.5 Å². The van der Waals surface area contributed by atoms with E-state index in [0.29, 0.717) is 6.07 Å². The molecular formula is C13H16F3N3O2. The number of halogens is 3. The zero-order valence-electron chi connectivity index (χ0n) is 11.5. The number of hydrogen-bond acceptors (Lipinski definition) is 2. The molecule has 1 aromatic carbocycles. The van der Waals surface area contributed by atoms with Crippen LogP contribution in [0.5, 0.6) is 0 Å². The van der Waals surface area contributed by atoms with Crippen molar-refractivity contribution in [2.45, 2.75) is 32.5 Å². The number of guanidine groups is 1. The van der Waals surface area contributed by atoms with Gasteiger partial charge in [0.1, 0.15) is 0 Å². The van der Waals surface area contributed by atoms with Crippen molar-refractivity contribution in [1.29, 1.82) is 0 Å². The third-order valence-corrected chi connectivity index (χ3v) is 2.91. The fourth-order valence-corrected chi connectivity index (χ4v) is 1.88. The first-order valence-corrected chi connectivity index (χ1v) is 6.11. The van der Waals surface area contributed by atoms with Gasteiger partial charge in [0.15, 0.2) is 5.96 Å². The van der Waals surface area contributed by atoms with Gasteiger partial charge in [0.25, 0.3) is 5.91 Å². The van der Waals surface area contributed by atoms with Gasteiger partial charge < -0.3 is 16.6 Å². The minimum Gasteiger partial charge on any atom is -0.388 e. The van der Waals surface area contributed by atoms with Crippen LogP contribution >= 0.6 is 0 Å². The van der Waals surface area contributed by atoms with Gasteiger partial charge in [-0.1, -0.05) is 13.0 Å². The van der Waals surface area contributed by atoms with Crippen molar-refractivity contribution in [3.05, 3.63) is 34.4 Å². The first-order valence-electron chi connectivity index (χ1n) is 6.11. The molecule has 1 amide bonds. The highest BCUT2D eigenvalue weighted by molar-refractivity contribution is 6.03. The molecule has 0 radical (unpaired) electrons. The molecule has 5 nitrogen and oxygen atoms in total. The first-order chi connectivity index (χ1) is 9.57. The highest BCUT2D eigenvalue weighted by atomic mass is 19.4. The first kappa shape index (κ1) is 17.0. The molecule has 0 fully saturated rings. The van der Waals surface area contributed by atoms with Crippen LogP contribution in [0.15, 0.2) is 17.1 Å². The molecule has 0 heterocycles. The number of alkyl halides is 3. The third kappa shape index (κ3) is 3.94. The molecule has 0 bridgehead atoms. The predicted molar refractivity (Wildman–Crippen MR) is 71.6 cm³/mol. The molecule has 0 spiro atoms. The van der Waals surface area contributed by atoms with E-state index in [1.54, 1.807) is 6.92 Å². The summed E-state index contributed by atoms with van der Waals surface area (Å²) in [7, 11) is 0. The van der Waals surface area contributed by atoms with Crippen molar-refractivity contribution in [3.8, 4) is 0 Å². The van der Waals surface area contributed by atoms with Gasteiger partial charge >= 0.3 is 6.18 Å². The molecule has 8 heteroatoms. The summed E-state index contributed by atoms with van der Waals surface area (Å²) in [5, 5.41) is 9.72. The number of aliphatic hydroxyl groups is 1. The van der Waals surface area contributed by atoms with E-state index in [1.165, 1.54) is 6.92 Å². The Morgan fingerprint density at radius 2 is 1.95 bits per heavy atom. The van der Waals surface area contributed by atoms with Crippen LogP contribution in [-0.2, 0) is 6.18 Å². The van der Waals surface area contributed by atoms with E-state index in [-0.39, 0.29) is 23.1 Å². The lowest BCUT2D eigenvalue weighted by atomic mass is 9.94. The van der Waals surface area contributed by atoms with Gasteiger partial charge in [-0.2, -0.15) is 18.2 Å². The number of carbonyl (C=O) groups excluding carboxylic acids is 1. The molecule has 0 aliphatic rings. The average Bonchev–Trinajstić information content (AvgIpc) is 2.34. The summed E-state index contributed by atoms with van der Waals surface area (Å²) in [5.74, 6) is -1.50. The average molecular weight is 303 g/mol. The summed E-state index contributed by atoms with van der Waals surface area (Å²) in [6.07, 6.45) is -5.86. The van der Waals surface area contributed by atoms with Crippen LogP contribution in [-0.4, -0.2) is 17.0 Å². The van der Waals surface area contributed by atoms with Gasteiger partial charge in [-0.15, -0.1) is 0 Å². The van der Waals surface area contributed by atoms with Crippen LogP contribution in [0.25, 0.3) is 0 Å². The summed E-state index contributed by atoms with van der Waals surface area (Å²) >= 11 is 0. The molecule has 5 N–H and O–H groups in total. The lowest BCUT2D eigenvalue weighted by Gasteiger charge is -2.18. The fourth-order valence-electron chi connectivity index (χ4n) is 1.88. The summed E-state index contributed by atoms with van der Waals surface area (Å²) in [5.41, 5.74) is 8.74. The number of aliphatic hydroxyl groups excluding tert-OH is 1. The molecule has 1 unspecified atom stereocenters. The summed E-state index contributed by atoms with van der Waals surface area (Å²) < 4.78 is 39.2. The lowest BCUT2D eigenvalue weighted by Crippen LogP contribution is -2.24. The second-order valence-corrected chi connectivity index (χ2v) is 4.52. The summed E-state index contributed by atoms with van der Waals surface area (Å²) in [4.78, 5) is 15.0. The molecule has 0 aromatic heterocycles. The van der Waals surface area contributed by atoms with Crippen LogP contribution in [0.1, 0.15) is 46.5 Å². The second-order valence-electron chi connectivity index (χ2n) is 4.52. The zero-order chi connectivity index (χ0) is 16.4. The molecule has 1 atom stereocenters. The third-order valence-electron chi connectivity index (χ3n) is 2.91. The molecule has 1 aromatic rings. The SMILES string of the molecule is CCC(O)c1cc(C)c(C(=O)N=C(N)N)cc1C(F)(F)F. The maximum atomic E-state index is 13.1. The van der Waals surface area contributed by atoms with Crippen molar-refractivity contribution in [3.63, 3.8) is 0 Å². The molecule has 0 aliphatic heterocycles. The van der Waals surface area contributed by atoms with Crippen LogP contribution < -0.4 is 11.5 Å². The van der Waals surface area contributed by atoms with E-state index in [2.05, 4.69) is 4.99 Å². The molecule has 116 valence electrons. The maximum Gasteiger partial charge on any atom is 0.416 e. The molecule has 0 aliphatic carbocycles. The fraction of sp³-hybridized carbons (Fsp3) is 0.385. The molecule has 1 rings (SSSR count). The largest absolute Gasteiger partial charge is 0.416 e. The van der Waals surface area contributed by atoms with E-state index in [0.717, 1.165) is 6.07 Å². The molecular weight excluding hydrogens is 287 g/mol. The van der Waals surface area contributed by atoms with Gasteiger partial charge in [0.05, 0.1) is 11.7 Å². The predicted octanol–water partition coefficient (Wildman–Crippen LogP) is 1.87. The summed E-state index contributed by atoms with van der Waals surface area (Å²) in [6.45, 7) is 3.00. The summed E-state index contributed by atoms with van der Waals surface area (Å²) in [6, 6.07) is 1.80. The Labute approximate surface area is 119 Å². The monoisotopic (exact) mass is 303 g/mol. The Hall–Kier alpha value is -2.09. The quantitative estimate of drug-likeness (QED) is 0.586. The van der Waals surface area contributed by atoms with Crippen LogP contribution in [0.4, 0.5) is 13.2 Å². The number of nitrogens with zero attached hydrogens (tertiary/aromatic N) is 1. The second kappa shape index (κ2) is 6.13. The topological polar surface area (TPSA) is 102 Å². The van der Waals surface area contributed by atoms with Gasteiger partial charge in [-0.3, -0.25) is 4.79 Å². The van der Waals surface area contributed by atoms with Crippen molar-refractivity contribution in [1.82, 2.24) is 0 Å². The number of benzene rings is 1. The lowest BCUT2D eigenvalue weighted by molar-refractivity contribution is -0.139. The number of nitrogens with two attached hydrogens (primary N) is 2. The van der Waals surface area contributed by atoms with Gasteiger partial charge in [0.2, 0.25) is 0 Å². The molecule has 0 saturated carbocycles. The number of aliphatic imine (C=N–C) groups is 1. The van der Waals surface area contributed by atoms with E-state index < -0.39 is 29.7 Å². The van der Waals surface area contributed by atoms with Crippen molar-refractivity contribution >= 4 is 11.9 Å². The van der Waals surface area contributed by atoms with E-state index >= 15 is 0 Å². The Morgan fingerprint density at radius 1 is 1.38 bits per heavy atom. The minimum atomic E-state index is -4.70. The Balaban J connectivity index is 3.52. The van der Waals surface area contributed by atoms with Gasteiger partial charge in [-0.25, -0.2) is 0 Å². The normalized spacial score (nSPS) is 12.9.